The average Bonchev–Trinajstić information content (AvgIpc) is 3.18. The van der Waals surface area contributed by atoms with Gasteiger partial charge in [0.15, 0.2) is 5.54 Å². The number of carbonyl (C=O) groups excluding carboxylic acids is 2. The van der Waals surface area contributed by atoms with Crippen LogP contribution in [0.5, 0.6) is 0 Å². The van der Waals surface area contributed by atoms with Gasteiger partial charge in [0.2, 0.25) is 0 Å². The largest absolute Gasteiger partial charge is 0.458 e. The maximum Gasteiger partial charge on any atom is 0.325 e. The average molecular weight is 346 g/mol. The molecule has 130 valence electrons. The summed E-state index contributed by atoms with van der Waals surface area (Å²) >= 11 is 0. The standard InChI is InChI=1S/C21H18N2O3/c1-21(18-14-16-11-5-6-12-17(16)26-18)19(24)23(20(25)22-21)13-7-10-15-8-3-2-4-9-15/h2-12,14H,13H2,1H3,(H,22,25)/b10-7-/t21-/m1/s1. The van der Waals surface area contributed by atoms with Crippen molar-refractivity contribution in [2.24, 2.45) is 0 Å². The van der Waals surface area contributed by atoms with Gasteiger partial charge in [-0.05, 0) is 24.6 Å². The quantitative estimate of drug-likeness (QED) is 0.729. The normalized spacial score (nSPS) is 20.3. The molecular formula is C21H18N2O3. The molecule has 1 atom stereocenters. The number of furan rings is 1. The summed E-state index contributed by atoms with van der Waals surface area (Å²) in [7, 11) is 0. The lowest BCUT2D eigenvalue weighted by Gasteiger charge is -2.18. The van der Waals surface area contributed by atoms with E-state index >= 15 is 0 Å². The zero-order valence-corrected chi connectivity index (χ0v) is 14.3. The number of urea groups is 1. The SMILES string of the molecule is C[C@]1(c2cc3ccccc3o2)NC(=O)N(C/C=C\c2ccccc2)C1=O. The van der Waals surface area contributed by atoms with Gasteiger partial charge in [-0.3, -0.25) is 9.69 Å². The van der Waals surface area contributed by atoms with E-state index in [2.05, 4.69) is 5.32 Å². The molecule has 3 amide bonds. The Kier molecular flexibility index (Phi) is 3.84. The van der Waals surface area contributed by atoms with Crippen LogP contribution in [0, 0.1) is 0 Å². The summed E-state index contributed by atoms with van der Waals surface area (Å²) in [5, 5.41) is 3.66. The van der Waals surface area contributed by atoms with Crippen molar-refractivity contribution in [3.05, 3.63) is 78.1 Å². The minimum Gasteiger partial charge on any atom is -0.458 e. The van der Waals surface area contributed by atoms with Crippen molar-refractivity contribution in [1.82, 2.24) is 10.2 Å². The first-order chi connectivity index (χ1) is 12.6. The van der Waals surface area contributed by atoms with Gasteiger partial charge in [0.25, 0.3) is 5.91 Å². The molecule has 5 heteroatoms. The van der Waals surface area contributed by atoms with Gasteiger partial charge in [0.05, 0.1) is 0 Å². The van der Waals surface area contributed by atoms with Gasteiger partial charge in [-0.2, -0.15) is 0 Å². The van der Waals surface area contributed by atoms with Crippen molar-refractivity contribution >= 4 is 29.0 Å². The molecule has 0 bridgehead atoms. The Morgan fingerprint density at radius 1 is 1.08 bits per heavy atom. The number of rotatable bonds is 4. The molecule has 26 heavy (non-hydrogen) atoms. The van der Waals surface area contributed by atoms with Crippen molar-refractivity contribution in [2.45, 2.75) is 12.5 Å². The number of benzene rings is 2. The number of hydrogen-bond acceptors (Lipinski definition) is 3. The Bertz CT molecular complexity index is 973. The van der Waals surface area contributed by atoms with Crippen molar-refractivity contribution < 1.29 is 14.0 Å². The van der Waals surface area contributed by atoms with E-state index in [4.69, 9.17) is 4.42 Å². The molecule has 1 aliphatic rings. The summed E-state index contributed by atoms with van der Waals surface area (Å²) in [4.78, 5) is 26.5. The van der Waals surface area contributed by atoms with Crippen LogP contribution in [-0.2, 0) is 10.3 Å². The summed E-state index contributed by atoms with van der Waals surface area (Å²) in [5.74, 6) is 0.117. The molecule has 4 rings (SSSR count). The fourth-order valence-electron chi connectivity index (χ4n) is 3.12. The highest BCUT2D eigenvalue weighted by molar-refractivity contribution is 6.07. The molecule has 5 nitrogen and oxygen atoms in total. The van der Waals surface area contributed by atoms with Crippen molar-refractivity contribution in [3.8, 4) is 0 Å². The molecule has 1 saturated heterocycles. The third-order valence-corrected chi connectivity index (χ3v) is 4.59. The van der Waals surface area contributed by atoms with Crippen LogP contribution in [0.2, 0.25) is 0 Å². The summed E-state index contributed by atoms with van der Waals surface area (Å²) in [5.41, 5.74) is 0.504. The number of para-hydroxylation sites is 1. The van der Waals surface area contributed by atoms with E-state index in [1.54, 1.807) is 19.1 Å². The first-order valence-electron chi connectivity index (χ1n) is 8.43. The fourth-order valence-corrected chi connectivity index (χ4v) is 3.12. The smallest absolute Gasteiger partial charge is 0.325 e. The molecule has 1 aromatic heterocycles. The number of carbonyl (C=O) groups is 2. The topological polar surface area (TPSA) is 62.6 Å². The van der Waals surface area contributed by atoms with Gasteiger partial charge in [-0.1, -0.05) is 60.7 Å². The molecular weight excluding hydrogens is 328 g/mol. The summed E-state index contributed by atoms with van der Waals surface area (Å²) in [6.07, 6.45) is 3.69. The molecule has 0 saturated carbocycles. The Balaban J connectivity index is 1.57. The Labute approximate surface area is 150 Å². The molecule has 0 aliphatic carbocycles. The molecule has 2 heterocycles. The minimum atomic E-state index is -1.20. The number of nitrogens with one attached hydrogen (secondary N) is 1. The predicted molar refractivity (Wildman–Crippen MR) is 99.3 cm³/mol. The molecule has 0 unspecified atom stereocenters. The predicted octanol–water partition coefficient (Wildman–Crippen LogP) is 3.91. The first kappa shape index (κ1) is 16.1. The van der Waals surface area contributed by atoms with E-state index in [1.165, 1.54) is 4.90 Å². The van der Waals surface area contributed by atoms with Crippen LogP contribution < -0.4 is 5.32 Å². The fraction of sp³-hybridized carbons (Fsp3) is 0.143. The zero-order valence-electron chi connectivity index (χ0n) is 14.3. The van der Waals surface area contributed by atoms with Crippen molar-refractivity contribution in [1.29, 1.82) is 0 Å². The molecule has 0 spiro atoms. The van der Waals surface area contributed by atoms with Crippen LogP contribution in [0.15, 0.2) is 71.2 Å². The first-order valence-corrected chi connectivity index (χ1v) is 8.43. The molecule has 1 aliphatic heterocycles. The second-order valence-corrected chi connectivity index (χ2v) is 6.43. The molecule has 1 fully saturated rings. The second kappa shape index (κ2) is 6.19. The van der Waals surface area contributed by atoms with Gasteiger partial charge in [-0.25, -0.2) is 4.79 Å². The molecule has 0 radical (unpaired) electrons. The van der Waals surface area contributed by atoms with Crippen LogP contribution in [0.3, 0.4) is 0 Å². The number of nitrogens with zero attached hydrogens (tertiary/aromatic N) is 1. The zero-order chi connectivity index (χ0) is 18.1. The van der Waals surface area contributed by atoms with E-state index in [0.29, 0.717) is 11.3 Å². The van der Waals surface area contributed by atoms with Crippen LogP contribution in [0.1, 0.15) is 18.2 Å². The number of imide groups is 1. The lowest BCUT2D eigenvalue weighted by Crippen LogP contribution is -2.40. The number of fused-ring (bicyclic) bond motifs is 1. The molecule has 2 aromatic carbocycles. The summed E-state index contributed by atoms with van der Waals surface area (Å²) in [6, 6.07) is 18.6. The van der Waals surface area contributed by atoms with Gasteiger partial charge in [0.1, 0.15) is 11.3 Å². The van der Waals surface area contributed by atoms with Crippen LogP contribution >= 0.6 is 0 Å². The highest BCUT2D eigenvalue weighted by Gasteiger charge is 2.50. The Morgan fingerprint density at radius 3 is 2.58 bits per heavy atom. The van der Waals surface area contributed by atoms with Crippen molar-refractivity contribution in [3.63, 3.8) is 0 Å². The lowest BCUT2D eigenvalue weighted by molar-refractivity contribution is -0.131. The van der Waals surface area contributed by atoms with E-state index < -0.39 is 11.6 Å². The summed E-state index contributed by atoms with van der Waals surface area (Å²) < 4.78 is 5.82. The van der Waals surface area contributed by atoms with E-state index in [-0.39, 0.29) is 12.5 Å². The highest BCUT2D eigenvalue weighted by atomic mass is 16.3. The van der Waals surface area contributed by atoms with Gasteiger partial charge < -0.3 is 9.73 Å². The van der Waals surface area contributed by atoms with Crippen molar-refractivity contribution in [2.75, 3.05) is 6.54 Å². The van der Waals surface area contributed by atoms with Crippen LogP contribution in [-0.4, -0.2) is 23.4 Å². The lowest BCUT2D eigenvalue weighted by atomic mass is 9.99. The maximum absolute atomic E-state index is 12.9. The van der Waals surface area contributed by atoms with E-state index in [9.17, 15) is 9.59 Å². The Morgan fingerprint density at radius 2 is 1.81 bits per heavy atom. The van der Waals surface area contributed by atoms with E-state index in [0.717, 1.165) is 10.9 Å². The Hall–Kier alpha value is -3.34. The second-order valence-electron chi connectivity index (χ2n) is 6.43. The minimum absolute atomic E-state index is 0.204. The third kappa shape index (κ3) is 2.67. The van der Waals surface area contributed by atoms with E-state index in [1.807, 2.05) is 60.7 Å². The van der Waals surface area contributed by atoms with Gasteiger partial charge in [0, 0.05) is 11.9 Å². The van der Waals surface area contributed by atoms with Gasteiger partial charge >= 0.3 is 6.03 Å². The monoisotopic (exact) mass is 346 g/mol. The summed E-state index contributed by atoms with van der Waals surface area (Å²) in [6.45, 7) is 1.88. The highest BCUT2D eigenvalue weighted by Crippen LogP contribution is 2.32. The maximum atomic E-state index is 12.9. The molecule has 3 aromatic rings. The number of amides is 3. The number of hydrogen-bond donors (Lipinski definition) is 1. The molecule has 1 N–H and O–H groups in total. The third-order valence-electron chi connectivity index (χ3n) is 4.59. The van der Waals surface area contributed by atoms with Gasteiger partial charge in [-0.15, -0.1) is 0 Å². The van der Waals surface area contributed by atoms with Crippen LogP contribution in [0.25, 0.3) is 17.0 Å². The van der Waals surface area contributed by atoms with Crippen LogP contribution in [0.4, 0.5) is 4.79 Å².